The third-order valence-corrected chi connectivity index (χ3v) is 6.57. The minimum atomic E-state index is -0.00255. The molecule has 0 radical (unpaired) electrons. The molecule has 2 bridgehead atoms. The largest absolute Gasteiger partial charge is 0.497 e. The highest BCUT2D eigenvalue weighted by Gasteiger charge is 2.40. The third kappa shape index (κ3) is 3.16. The third-order valence-electron chi connectivity index (χ3n) is 5.52. The lowest BCUT2D eigenvalue weighted by molar-refractivity contribution is 0.0218. The van der Waals surface area contributed by atoms with Crippen molar-refractivity contribution < 1.29 is 9.53 Å². The van der Waals surface area contributed by atoms with Gasteiger partial charge in [0.15, 0.2) is 0 Å². The van der Waals surface area contributed by atoms with Crippen molar-refractivity contribution in [2.45, 2.75) is 31.8 Å². The zero-order chi connectivity index (χ0) is 17.4. The SMILES string of the molecule is COc1cccc(-c2ncc(C(=O)N[C@@H]3C4CCN(CC4)[C@H]3C)s2)c1. The Morgan fingerprint density at radius 1 is 1.36 bits per heavy atom. The topological polar surface area (TPSA) is 54.5 Å². The van der Waals surface area contributed by atoms with Crippen molar-refractivity contribution >= 4 is 17.2 Å². The van der Waals surface area contributed by atoms with Crippen LogP contribution < -0.4 is 10.1 Å². The van der Waals surface area contributed by atoms with Gasteiger partial charge in [0.1, 0.15) is 15.6 Å². The Bertz CT molecular complexity index is 766. The fourth-order valence-corrected chi connectivity index (χ4v) is 4.85. The number of carbonyl (C=O) groups is 1. The van der Waals surface area contributed by atoms with E-state index < -0.39 is 0 Å². The molecule has 2 atom stereocenters. The van der Waals surface area contributed by atoms with Gasteiger partial charge in [-0.05, 0) is 50.9 Å². The van der Waals surface area contributed by atoms with Gasteiger partial charge in [0.2, 0.25) is 0 Å². The molecule has 1 aromatic heterocycles. The molecule has 1 N–H and O–H groups in total. The van der Waals surface area contributed by atoms with Gasteiger partial charge < -0.3 is 10.1 Å². The molecule has 6 heteroatoms. The standard InChI is InChI=1S/C19H23N3O2S/c1-12-17(13-6-8-22(12)9-7-13)21-18(23)16-11-20-19(25-16)14-4-3-5-15(10-14)24-2/h3-5,10-13,17H,6-9H2,1-2H3,(H,21,23)/t12-,17-/m0/s1. The highest BCUT2D eigenvalue weighted by Crippen LogP contribution is 2.33. The van der Waals surface area contributed by atoms with Crippen LogP contribution in [0.3, 0.4) is 0 Å². The molecule has 0 unspecified atom stereocenters. The quantitative estimate of drug-likeness (QED) is 0.914. The van der Waals surface area contributed by atoms with E-state index >= 15 is 0 Å². The Kier molecular flexibility index (Phi) is 4.48. The van der Waals surface area contributed by atoms with Crippen molar-refractivity contribution in [2.24, 2.45) is 5.92 Å². The maximum absolute atomic E-state index is 12.7. The first-order chi connectivity index (χ1) is 12.2. The van der Waals surface area contributed by atoms with Crippen LogP contribution in [-0.4, -0.2) is 48.1 Å². The minimum absolute atomic E-state index is 0.00255. The maximum Gasteiger partial charge on any atom is 0.263 e. The minimum Gasteiger partial charge on any atom is -0.497 e. The first-order valence-corrected chi connectivity index (χ1v) is 9.62. The number of fused-ring (bicyclic) bond motifs is 3. The number of amides is 1. The van der Waals surface area contributed by atoms with Crippen LogP contribution in [0.1, 0.15) is 29.4 Å². The molecule has 1 aromatic carbocycles. The molecule has 3 saturated heterocycles. The van der Waals surface area contributed by atoms with Crippen LogP contribution in [0.25, 0.3) is 10.6 Å². The molecule has 3 aliphatic rings. The molecular weight excluding hydrogens is 334 g/mol. The van der Waals surface area contributed by atoms with E-state index in [9.17, 15) is 4.79 Å². The van der Waals surface area contributed by atoms with E-state index in [1.165, 1.54) is 37.3 Å². The number of benzene rings is 1. The molecule has 0 spiro atoms. The summed E-state index contributed by atoms with van der Waals surface area (Å²) in [6.07, 6.45) is 4.06. The Hall–Kier alpha value is -1.92. The van der Waals surface area contributed by atoms with E-state index in [1.807, 2.05) is 24.3 Å². The van der Waals surface area contributed by atoms with Crippen molar-refractivity contribution in [3.05, 3.63) is 35.3 Å². The van der Waals surface area contributed by atoms with E-state index in [1.54, 1.807) is 13.3 Å². The fraction of sp³-hybridized carbons (Fsp3) is 0.474. The average Bonchev–Trinajstić information content (AvgIpc) is 3.15. The molecule has 3 aliphatic heterocycles. The number of thiazole rings is 1. The molecule has 5 rings (SSSR count). The lowest BCUT2D eigenvalue weighted by Crippen LogP contribution is -2.62. The van der Waals surface area contributed by atoms with Crippen LogP contribution in [0.4, 0.5) is 0 Å². The normalized spacial score (nSPS) is 27.9. The van der Waals surface area contributed by atoms with E-state index in [-0.39, 0.29) is 11.9 Å². The van der Waals surface area contributed by atoms with Gasteiger partial charge in [-0.1, -0.05) is 12.1 Å². The highest BCUT2D eigenvalue weighted by atomic mass is 32.1. The second-order valence-corrected chi connectivity index (χ2v) is 7.91. The lowest BCUT2D eigenvalue weighted by atomic mass is 9.79. The van der Waals surface area contributed by atoms with Crippen LogP contribution in [0.5, 0.6) is 5.75 Å². The summed E-state index contributed by atoms with van der Waals surface area (Å²) < 4.78 is 5.26. The van der Waals surface area contributed by atoms with Gasteiger partial charge in [0.05, 0.1) is 13.3 Å². The number of aromatic nitrogens is 1. The second kappa shape index (κ2) is 6.77. The summed E-state index contributed by atoms with van der Waals surface area (Å²) in [6.45, 7) is 4.56. The zero-order valence-corrected chi connectivity index (χ0v) is 15.4. The van der Waals surface area contributed by atoms with Gasteiger partial charge in [-0.25, -0.2) is 4.98 Å². The van der Waals surface area contributed by atoms with Gasteiger partial charge in [-0.2, -0.15) is 0 Å². The Balaban J connectivity index is 1.49. The van der Waals surface area contributed by atoms with Crippen LogP contribution in [0.15, 0.2) is 30.5 Å². The number of nitrogens with zero attached hydrogens (tertiary/aromatic N) is 2. The first-order valence-electron chi connectivity index (χ1n) is 8.81. The van der Waals surface area contributed by atoms with Gasteiger partial charge in [-0.3, -0.25) is 9.69 Å². The summed E-state index contributed by atoms with van der Waals surface area (Å²) in [4.78, 5) is 20.3. The van der Waals surface area contributed by atoms with Crippen molar-refractivity contribution in [3.63, 3.8) is 0 Å². The van der Waals surface area contributed by atoms with E-state index in [0.29, 0.717) is 16.8 Å². The van der Waals surface area contributed by atoms with E-state index in [0.717, 1.165) is 16.3 Å². The Morgan fingerprint density at radius 2 is 2.16 bits per heavy atom. The predicted molar refractivity (Wildman–Crippen MR) is 99.1 cm³/mol. The molecular formula is C19H23N3O2S. The summed E-state index contributed by atoms with van der Waals surface area (Å²) in [6, 6.07) is 8.43. The first kappa shape index (κ1) is 16.5. The fourth-order valence-electron chi connectivity index (χ4n) is 4.04. The number of hydrogen-bond acceptors (Lipinski definition) is 5. The number of ether oxygens (including phenoxy) is 1. The Morgan fingerprint density at radius 3 is 2.88 bits per heavy atom. The molecule has 132 valence electrons. The average molecular weight is 357 g/mol. The van der Waals surface area contributed by atoms with Gasteiger partial charge >= 0.3 is 0 Å². The molecule has 0 aliphatic carbocycles. The summed E-state index contributed by atoms with van der Waals surface area (Å²) >= 11 is 1.43. The lowest BCUT2D eigenvalue weighted by Gasteiger charge is -2.49. The summed E-state index contributed by atoms with van der Waals surface area (Å²) in [5.74, 6) is 1.40. The Labute approximate surface area is 152 Å². The van der Waals surface area contributed by atoms with Gasteiger partial charge in [0, 0.05) is 17.6 Å². The number of hydrogen-bond donors (Lipinski definition) is 1. The zero-order valence-electron chi connectivity index (χ0n) is 14.6. The molecule has 1 amide bonds. The number of piperidine rings is 3. The summed E-state index contributed by atoms with van der Waals surface area (Å²) in [7, 11) is 1.65. The second-order valence-electron chi connectivity index (χ2n) is 6.87. The van der Waals surface area contributed by atoms with E-state index in [2.05, 4.69) is 22.1 Å². The predicted octanol–water partition coefficient (Wildman–Crippen LogP) is 3.03. The monoisotopic (exact) mass is 357 g/mol. The molecule has 4 heterocycles. The number of nitrogens with one attached hydrogen (secondary N) is 1. The van der Waals surface area contributed by atoms with E-state index in [4.69, 9.17) is 4.74 Å². The molecule has 25 heavy (non-hydrogen) atoms. The summed E-state index contributed by atoms with van der Waals surface area (Å²) in [5.41, 5.74) is 0.972. The maximum atomic E-state index is 12.7. The molecule has 0 saturated carbocycles. The van der Waals surface area contributed by atoms with Crippen LogP contribution >= 0.6 is 11.3 Å². The van der Waals surface area contributed by atoms with Crippen LogP contribution in [0, 0.1) is 5.92 Å². The van der Waals surface area contributed by atoms with Crippen LogP contribution in [0.2, 0.25) is 0 Å². The van der Waals surface area contributed by atoms with Crippen molar-refractivity contribution in [1.82, 2.24) is 15.2 Å². The van der Waals surface area contributed by atoms with Crippen molar-refractivity contribution in [3.8, 4) is 16.3 Å². The molecule has 5 nitrogen and oxygen atoms in total. The molecule has 3 fully saturated rings. The van der Waals surface area contributed by atoms with Crippen molar-refractivity contribution in [2.75, 3.05) is 20.2 Å². The van der Waals surface area contributed by atoms with Crippen molar-refractivity contribution in [1.29, 1.82) is 0 Å². The number of methoxy groups -OCH3 is 1. The summed E-state index contributed by atoms with van der Waals surface area (Å²) in [5, 5.41) is 4.11. The number of rotatable bonds is 4. The number of carbonyl (C=O) groups excluding carboxylic acids is 1. The smallest absolute Gasteiger partial charge is 0.263 e. The molecule has 2 aromatic rings. The van der Waals surface area contributed by atoms with Gasteiger partial charge in [0.25, 0.3) is 5.91 Å². The van der Waals surface area contributed by atoms with Gasteiger partial charge in [-0.15, -0.1) is 11.3 Å². The van der Waals surface area contributed by atoms with Crippen LogP contribution in [-0.2, 0) is 0 Å². The highest BCUT2D eigenvalue weighted by molar-refractivity contribution is 7.16.